The SMILES string of the molecule is CC(c1ccccc1)n1cc(Nc2nc(-c3ccc4cn[nH]c4c3)nc3cn[nH]c23)cn1. The van der Waals surface area contributed by atoms with Crippen LogP contribution in [0.4, 0.5) is 11.5 Å². The highest BCUT2D eigenvalue weighted by molar-refractivity contribution is 5.89. The van der Waals surface area contributed by atoms with Crippen molar-refractivity contribution in [3.8, 4) is 11.4 Å². The van der Waals surface area contributed by atoms with Crippen LogP contribution in [0.25, 0.3) is 33.3 Å². The van der Waals surface area contributed by atoms with Crippen molar-refractivity contribution >= 4 is 33.4 Å². The molecule has 4 heterocycles. The molecule has 156 valence electrons. The highest BCUT2D eigenvalue weighted by atomic mass is 15.3. The van der Waals surface area contributed by atoms with Crippen LogP contribution < -0.4 is 5.32 Å². The Labute approximate surface area is 182 Å². The van der Waals surface area contributed by atoms with E-state index in [1.807, 2.05) is 47.3 Å². The molecule has 4 aromatic heterocycles. The Kier molecular flexibility index (Phi) is 4.17. The number of anilines is 2. The van der Waals surface area contributed by atoms with E-state index in [0.29, 0.717) is 11.6 Å². The smallest absolute Gasteiger partial charge is 0.162 e. The van der Waals surface area contributed by atoms with E-state index in [-0.39, 0.29) is 6.04 Å². The van der Waals surface area contributed by atoms with E-state index in [9.17, 15) is 0 Å². The lowest BCUT2D eigenvalue weighted by molar-refractivity contribution is 0.565. The van der Waals surface area contributed by atoms with E-state index in [0.717, 1.165) is 33.2 Å². The Morgan fingerprint density at radius 1 is 0.938 bits per heavy atom. The maximum atomic E-state index is 4.78. The third-order valence-corrected chi connectivity index (χ3v) is 5.54. The molecule has 9 nitrogen and oxygen atoms in total. The Balaban J connectivity index is 1.35. The van der Waals surface area contributed by atoms with E-state index in [2.05, 4.69) is 54.9 Å². The summed E-state index contributed by atoms with van der Waals surface area (Å²) in [6, 6.07) is 16.4. The van der Waals surface area contributed by atoms with E-state index in [1.165, 1.54) is 5.56 Å². The average molecular weight is 421 g/mol. The zero-order valence-electron chi connectivity index (χ0n) is 17.2. The van der Waals surface area contributed by atoms with Crippen LogP contribution in [0.1, 0.15) is 18.5 Å². The first-order valence-electron chi connectivity index (χ1n) is 10.3. The Morgan fingerprint density at radius 3 is 2.72 bits per heavy atom. The number of hydrogen-bond donors (Lipinski definition) is 3. The molecule has 0 aliphatic heterocycles. The predicted octanol–water partition coefficient (Wildman–Crippen LogP) is 4.45. The number of nitrogens with zero attached hydrogens (tertiary/aromatic N) is 6. The first-order chi connectivity index (χ1) is 15.7. The molecule has 9 heteroatoms. The topological polar surface area (TPSA) is 113 Å². The Morgan fingerprint density at radius 2 is 1.81 bits per heavy atom. The van der Waals surface area contributed by atoms with Gasteiger partial charge in [0.15, 0.2) is 11.6 Å². The van der Waals surface area contributed by atoms with Gasteiger partial charge in [0.2, 0.25) is 0 Å². The van der Waals surface area contributed by atoms with E-state index in [4.69, 9.17) is 4.98 Å². The van der Waals surface area contributed by atoms with Gasteiger partial charge in [-0.3, -0.25) is 14.9 Å². The number of H-pyrrole nitrogens is 2. The van der Waals surface area contributed by atoms with Crippen LogP contribution in [0.3, 0.4) is 0 Å². The molecule has 0 amide bonds. The molecule has 1 atom stereocenters. The number of rotatable bonds is 5. The number of benzene rings is 2. The van der Waals surface area contributed by atoms with Gasteiger partial charge in [-0.05, 0) is 18.6 Å². The van der Waals surface area contributed by atoms with E-state index in [1.54, 1.807) is 18.6 Å². The molecule has 0 fully saturated rings. The Hall–Kier alpha value is -4.53. The molecule has 0 saturated carbocycles. The van der Waals surface area contributed by atoms with Crippen molar-refractivity contribution in [1.82, 2.24) is 40.1 Å². The normalized spacial score (nSPS) is 12.4. The van der Waals surface area contributed by atoms with Crippen molar-refractivity contribution in [2.45, 2.75) is 13.0 Å². The van der Waals surface area contributed by atoms with Gasteiger partial charge in [-0.25, -0.2) is 9.97 Å². The van der Waals surface area contributed by atoms with Gasteiger partial charge in [0.25, 0.3) is 0 Å². The summed E-state index contributed by atoms with van der Waals surface area (Å²) in [6.07, 6.45) is 7.25. The molecule has 6 rings (SSSR count). The van der Waals surface area contributed by atoms with Crippen LogP contribution in [-0.4, -0.2) is 40.1 Å². The highest BCUT2D eigenvalue weighted by Crippen LogP contribution is 2.28. The van der Waals surface area contributed by atoms with Crippen LogP contribution in [0.2, 0.25) is 0 Å². The summed E-state index contributed by atoms with van der Waals surface area (Å²) in [6.45, 7) is 2.12. The predicted molar refractivity (Wildman–Crippen MR) is 123 cm³/mol. The van der Waals surface area contributed by atoms with Crippen LogP contribution in [-0.2, 0) is 0 Å². The van der Waals surface area contributed by atoms with Crippen molar-refractivity contribution in [3.63, 3.8) is 0 Å². The molecule has 0 radical (unpaired) electrons. The third-order valence-electron chi connectivity index (χ3n) is 5.54. The summed E-state index contributed by atoms with van der Waals surface area (Å²) in [7, 11) is 0. The molecular weight excluding hydrogens is 402 g/mol. The van der Waals surface area contributed by atoms with Gasteiger partial charge in [-0.15, -0.1) is 0 Å². The minimum absolute atomic E-state index is 0.112. The summed E-state index contributed by atoms with van der Waals surface area (Å²) < 4.78 is 1.93. The summed E-state index contributed by atoms with van der Waals surface area (Å²) in [5, 5.41) is 23.2. The lowest BCUT2D eigenvalue weighted by Crippen LogP contribution is -2.06. The molecule has 1 unspecified atom stereocenters. The van der Waals surface area contributed by atoms with Crippen molar-refractivity contribution in [2.24, 2.45) is 0 Å². The molecule has 0 saturated heterocycles. The molecule has 6 aromatic rings. The van der Waals surface area contributed by atoms with Crippen LogP contribution in [0, 0.1) is 0 Å². The van der Waals surface area contributed by atoms with Gasteiger partial charge in [0, 0.05) is 17.1 Å². The molecular formula is C23H19N9. The van der Waals surface area contributed by atoms with Crippen molar-refractivity contribution in [1.29, 1.82) is 0 Å². The van der Waals surface area contributed by atoms with Crippen LogP contribution in [0.15, 0.2) is 73.3 Å². The van der Waals surface area contributed by atoms with Crippen molar-refractivity contribution < 1.29 is 0 Å². The van der Waals surface area contributed by atoms with Gasteiger partial charge in [-0.1, -0.05) is 42.5 Å². The Bertz CT molecular complexity index is 1530. The standard InChI is InChI=1S/C23H19N9/c1-14(15-5-3-2-4-6-15)32-13-18(11-26-32)27-23-21-20(12-25-31-21)28-22(29-23)16-7-8-17-10-24-30-19(17)9-16/h2-14H,1H3,(H,24,30)(H,25,31)(H,27,28,29). The summed E-state index contributed by atoms with van der Waals surface area (Å²) in [5.41, 5.74) is 5.31. The first kappa shape index (κ1) is 18.3. The lowest BCUT2D eigenvalue weighted by atomic mass is 10.1. The first-order valence-corrected chi connectivity index (χ1v) is 10.3. The minimum atomic E-state index is 0.112. The summed E-state index contributed by atoms with van der Waals surface area (Å²) in [4.78, 5) is 9.45. The molecule has 3 N–H and O–H groups in total. The fraction of sp³-hybridized carbons (Fsp3) is 0.0870. The van der Waals surface area contributed by atoms with Gasteiger partial charge in [-0.2, -0.15) is 15.3 Å². The second-order valence-corrected chi connectivity index (χ2v) is 7.62. The molecule has 0 aliphatic rings. The second-order valence-electron chi connectivity index (χ2n) is 7.62. The van der Waals surface area contributed by atoms with Gasteiger partial charge in [0.05, 0.1) is 35.8 Å². The van der Waals surface area contributed by atoms with E-state index < -0.39 is 0 Å². The van der Waals surface area contributed by atoms with Crippen molar-refractivity contribution in [2.75, 3.05) is 5.32 Å². The van der Waals surface area contributed by atoms with Gasteiger partial charge < -0.3 is 5.32 Å². The fourth-order valence-electron chi connectivity index (χ4n) is 3.77. The van der Waals surface area contributed by atoms with Crippen LogP contribution >= 0.6 is 0 Å². The molecule has 0 aliphatic carbocycles. The third kappa shape index (κ3) is 3.16. The largest absolute Gasteiger partial charge is 0.336 e. The average Bonchev–Trinajstić information content (AvgIpc) is 3.59. The maximum Gasteiger partial charge on any atom is 0.162 e. The van der Waals surface area contributed by atoms with E-state index >= 15 is 0 Å². The second kappa shape index (κ2) is 7.31. The zero-order valence-corrected chi connectivity index (χ0v) is 17.2. The zero-order chi connectivity index (χ0) is 21.5. The summed E-state index contributed by atoms with van der Waals surface area (Å²) >= 11 is 0. The fourth-order valence-corrected chi connectivity index (χ4v) is 3.77. The van der Waals surface area contributed by atoms with Gasteiger partial charge in [0.1, 0.15) is 11.0 Å². The molecule has 0 bridgehead atoms. The molecule has 2 aromatic carbocycles. The number of nitrogens with one attached hydrogen (secondary N) is 3. The number of aromatic nitrogens is 8. The molecule has 0 spiro atoms. The summed E-state index contributed by atoms with van der Waals surface area (Å²) in [5.74, 6) is 1.24. The van der Waals surface area contributed by atoms with Gasteiger partial charge >= 0.3 is 0 Å². The minimum Gasteiger partial charge on any atom is -0.336 e. The number of fused-ring (bicyclic) bond motifs is 2. The van der Waals surface area contributed by atoms with Crippen molar-refractivity contribution in [3.05, 3.63) is 78.9 Å². The number of aromatic amines is 2. The maximum absolute atomic E-state index is 4.78. The monoisotopic (exact) mass is 421 g/mol. The quantitative estimate of drug-likeness (QED) is 0.379. The highest BCUT2D eigenvalue weighted by Gasteiger charge is 2.14. The lowest BCUT2D eigenvalue weighted by Gasteiger charge is -2.12. The molecule has 32 heavy (non-hydrogen) atoms. The number of hydrogen-bond acceptors (Lipinski definition) is 6. The van der Waals surface area contributed by atoms with Crippen LogP contribution in [0.5, 0.6) is 0 Å².